The molecule has 0 unspecified atom stereocenters. The molecule has 1 aliphatic rings. The molecule has 4 heterocycles. The van der Waals surface area contributed by atoms with Gasteiger partial charge in [0.05, 0.1) is 23.7 Å². The Morgan fingerprint density at radius 3 is 3.08 bits per heavy atom. The second-order valence-corrected chi connectivity index (χ2v) is 7.32. The van der Waals surface area contributed by atoms with E-state index in [0.29, 0.717) is 17.8 Å². The molecule has 0 amide bonds. The van der Waals surface area contributed by atoms with Crippen LogP contribution in [0.15, 0.2) is 34.3 Å². The van der Waals surface area contributed by atoms with Crippen LogP contribution in [0.25, 0.3) is 10.8 Å². The highest BCUT2D eigenvalue weighted by Gasteiger charge is 2.32. The number of likely N-dealkylation sites (tertiary alicyclic amines) is 1. The molecule has 3 aromatic rings. The molecule has 3 aromatic heterocycles. The first-order valence-corrected chi connectivity index (χ1v) is 9.21. The summed E-state index contributed by atoms with van der Waals surface area (Å²) in [5.74, 6) is 1.31. The van der Waals surface area contributed by atoms with Gasteiger partial charge in [-0.3, -0.25) is 9.58 Å². The molecular formula is C17H21N5OS. The van der Waals surface area contributed by atoms with Crippen molar-refractivity contribution in [1.29, 1.82) is 0 Å². The van der Waals surface area contributed by atoms with Gasteiger partial charge in [0.25, 0.3) is 5.89 Å². The van der Waals surface area contributed by atoms with Crippen LogP contribution in [0.2, 0.25) is 0 Å². The Bertz CT molecular complexity index is 794. The van der Waals surface area contributed by atoms with Gasteiger partial charge in [0, 0.05) is 12.2 Å². The Labute approximate surface area is 145 Å². The fraction of sp³-hybridized carbons (Fsp3) is 0.471. The quantitative estimate of drug-likeness (QED) is 0.709. The summed E-state index contributed by atoms with van der Waals surface area (Å²) in [5, 5.41) is 14.9. The van der Waals surface area contributed by atoms with E-state index in [1.807, 2.05) is 28.4 Å². The Kier molecular flexibility index (Phi) is 4.20. The van der Waals surface area contributed by atoms with Crippen LogP contribution in [-0.4, -0.2) is 37.5 Å². The van der Waals surface area contributed by atoms with E-state index >= 15 is 0 Å². The zero-order valence-corrected chi connectivity index (χ0v) is 14.7. The van der Waals surface area contributed by atoms with Gasteiger partial charge in [-0.2, -0.15) is 5.10 Å². The molecule has 0 aliphatic carbocycles. The number of aromatic nitrogens is 4. The fourth-order valence-electron chi connectivity index (χ4n) is 3.39. The van der Waals surface area contributed by atoms with E-state index < -0.39 is 0 Å². The third kappa shape index (κ3) is 3.01. The zero-order chi connectivity index (χ0) is 16.5. The van der Waals surface area contributed by atoms with Gasteiger partial charge >= 0.3 is 0 Å². The molecule has 24 heavy (non-hydrogen) atoms. The molecular weight excluding hydrogens is 322 g/mol. The van der Waals surface area contributed by atoms with Gasteiger partial charge in [-0.05, 0) is 50.2 Å². The van der Waals surface area contributed by atoms with Crippen molar-refractivity contribution >= 4 is 11.3 Å². The first kappa shape index (κ1) is 15.5. The molecule has 1 saturated heterocycles. The predicted octanol–water partition coefficient (Wildman–Crippen LogP) is 3.53. The first-order chi connectivity index (χ1) is 11.7. The second-order valence-electron chi connectivity index (χ2n) is 6.37. The Morgan fingerprint density at radius 1 is 1.42 bits per heavy atom. The normalized spacial score (nSPS) is 19.8. The van der Waals surface area contributed by atoms with E-state index in [9.17, 15) is 0 Å². The van der Waals surface area contributed by atoms with Crippen molar-refractivity contribution in [2.24, 2.45) is 0 Å². The first-order valence-electron chi connectivity index (χ1n) is 8.33. The molecule has 126 valence electrons. The summed E-state index contributed by atoms with van der Waals surface area (Å²) < 4.78 is 7.97. The summed E-state index contributed by atoms with van der Waals surface area (Å²) in [6, 6.07) is 4.58. The molecule has 1 aliphatic heterocycles. The Hall–Kier alpha value is -1.99. The number of aryl methyl sites for hydroxylation is 1. The Balaban J connectivity index is 1.49. The van der Waals surface area contributed by atoms with Crippen molar-refractivity contribution in [3.05, 3.63) is 41.4 Å². The summed E-state index contributed by atoms with van der Waals surface area (Å²) in [7, 11) is 0. The van der Waals surface area contributed by atoms with E-state index in [2.05, 4.69) is 40.2 Å². The van der Waals surface area contributed by atoms with Crippen LogP contribution in [0.1, 0.15) is 37.3 Å². The van der Waals surface area contributed by atoms with Gasteiger partial charge in [0.2, 0.25) is 5.89 Å². The van der Waals surface area contributed by atoms with Gasteiger partial charge < -0.3 is 4.42 Å². The average molecular weight is 343 g/mol. The maximum atomic E-state index is 5.93. The van der Waals surface area contributed by atoms with Crippen LogP contribution in [0.3, 0.4) is 0 Å². The van der Waals surface area contributed by atoms with E-state index in [1.165, 1.54) is 18.4 Å². The van der Waals surface area contributed by atoms with Gasteiger partial charge in [0.15, 0.2) is 0 Å². The molecule has 0 saturated carbocycles. The minimum Gasteiger partial charge on any atom is -0.418 e. The predicted molar refractivity (Wildman–Crippen MR) is 92.7 cm³/mol. The van der Waals surface area contributed by atoms with Crippen molar-refractivity contribution in [3.8, 4) is 10.8 Å². The third-order valence-corrected chi connectivity index (χ3v) is 5.47. The summed E-state index contributed by atoms with van der Waals surface area (Å²) in [5.41, 5.74) is 1.20. The topological polar surface area (TPSA) is 60.0 Å². The second kappa shape index (κ2) is 6.49. The molecule has 2 atom stereocenters. The molecule has 0 aromatic carbocycles. The maximum Gasteiger partial charge on any atom is 0.257 e. The lowest BCUT2D eigenvalue weighted by Crippen LogP contribution is -2.35. The zero-order valence-electron chi connectivity index (χ0n) is 13.9. The van der Waals surface area contributed by atoms with Crippen LogP contribution < -0.4 is 0 Å². The molecule has 4 rings (SSSR count). The SMILES string of the molecule is Cc1cnn(C[C@H]2CCCN2[C@@H](C)c2nnc(-c3cccs3)o2)c1. The van der Waals surface area contributed by atoms with E-state index in [1.54, 1.807) is 11.3 Å². The molecule has 0 N–H and O–H groups in total. The van der Waals surface area contributed by atoms with Crippen molar-refractivity contribution < 1.29 is 4.42 Å². The lowest BCUT2D eigenvalue weighted by Gasteiger charge is -2.28. The van der Waals surface area contributed by atoms with E-state index in [-0.39, 0.29) is 6.04 Å². The van der Waals surface area contributed by atoms with Gasteiger partial charge in [-0.1, -0.05) is 6.07 Å². The van der Waals surface area contributed by atoms with Crippen molar-refractivity contribution in [1.82, 2.24) is 24.9 Å². The monoisotopic (exact) mass is 343 g/mol. The standard InChI is InChI=1S/C17H21N5OS/c1-12-9-18-21(10-12)11-14-5-3-7-22(14)13(2)16-19-20-17(23-16)15-6-4-8-24-15/h4,6,8-10,13-14H,3,5,7,11H2,1-2H3/t13-,14+/m0/s1. The van der Waals surface area contributed by atoms with Crippen LogP contribution >= 0.6 is 11.3 Å². The molecule has 0 spiro atoms. The number of hydrogen-bond donors (Lipinski definition) is 0. The van der Waals surface area contributed by atoms with Gasteiger partial charge in [0.1, 0.15) is 0 Å². The molecule has 0 radical (unpaired) electrons. The molecule has 6 nitrogen and oxygen atoms in total. The number of rotatable bonds is 5. The summed E-state index contributed by atoms with van der Waals surface area (Å²) in [6.45, 7) is 6.19. The van der Waals surface area contributed by atoms with Crippen LogP contribution in [-0.2, 0) is 6.54 Å². The van der Waals surface area contributed by atoms with Gasteiger partial charge in [-0.15, -0.1) is 21.5 Å². The molecule has 7 heteroatoms. The summed E-state index contributed by atoms with van der Waals surface area (Å²) >= 11 is 1.62. The molecule has 0 bridgehead atoms. The van der Waals surface area contributed by atoms with Crippen LogP contribution in [0.4, 0.5) is 0 Å². The lowest BCUT2D eigenvalue weighted by molar-refractivity contribution is 0.152. The molecule has 1 fully saturated rings. The highest BCUT2D eigenvalue weighted by molar-refractivity contribution is 7.13. The van der Waals surface area contributed by atoms with Crippen LogP contribution in [0.5, 0.6) is 0 Å². The van der Waals surface area contributed by atoms with E-state index in [4.69, 9.17) is 4.42 Å². The Morgan fingerprint density at radius 2 is 2.33 bits per heavy atom. The van der Waals surface area contributed by atoms with Crippen molar-refractivity contribution in [2.45, 2.75) is 45.3 Å². The smallest absolute Gasteiger partial charge is 0.257 e. The minimum absolute atomic E-state index is 0.121. The number of thiophene rings is 1. The largest absolute Gasteiger partial charge is 0.418 e. The number of hydrogen-bond acceptors (Lipinski definition) is 6. The fourth-order valence-corrected chi connectivity index (χ4v) is 4.04. The maximum absolute atomic E-state index is 5.93. The van der Waals surface area contributed by atoms with E-state index in [0.717, 1.165) is 18.0 Å². The minimum atomic E-state index is 0.121. The van der Waals surface area contributed by atoms with Gasteiger partial charge in [-0.25, -0.2) is 0 Å². The average Bonchev–Trinajstić information content (AvgIpc) is 3.35. The van der Waals surface area contributed by atoms with Crippen molar-refractivity contribution in [2.75, 3.05) is 6.54 Å². The third-order valence-electron chi connectivity index (χ3n) is 4.61. The highest BCUT2D eigenvalue weighted by Crippen LogP contribution is 2.31. The summed E-state index contributed by atoms with van der Waals surface area (Å²) in [6.07, 6.45) is 6.38. The summed E-state index contributed by atoms with van der Waals surface area (Å²) in [4.78, 5) is 3.48. The highest BCUT2D eigenvalue weighted by atomic mass is 32.1. The lowest BCUT2D eigenvalue weighted by atomic mass is 10.2. The van der Waals surface area contributed by atoms with Crippen molar-refractivity contribution in [3.63, 3.8) is 0 Å². The van der Waals surface area contributed by atoms with Crippen LogP contribution in [0, 0.1) is 6.92 Å². The number of nitrogens with zero attached hydrogens (tertiary/aromatic N) is 5.